The van der Waals surface area contributed by atoms with Gasteiger partial charge in [-0.05, 0) is 56.0 Å². The van der Waals surface area contributed by atoms with E-state index in [0.29, 0.717) is 32.4 Å². The van der Waals surface area contributed by atoms with Crippen LogP contribution in [0.15, 0.2) is 71.9 Å². The van der Waals surface area contributed by atoms with E-state index in [4.69, 9.17) is 0 Å². The standard InChI is InChI=1S/C23H26N4O3S/c1-18-9-11-21(12-10-18)31(29,30)27-15-5-8-22(27)23(28)24-14-13-19-16-25-26(17-19)20-6-3-2-4-7-20/h2-4,6-7,9-12,16-17,22H,5,8,13-15H2,1H3,(H,24,28)/t22-/m0/s1. The number of hydrogen-bond donors (Lipinski definition) is 1. The Labute approximate surface area is 182 Å². The molecule has 4 rings (SSSR count). The Kier molecular flexibility index (Phi) is 6.20. The molecule has 0 saturated carbocycles. The number of carbonyl (C=O) groups is 1. The highest BCUT2D eigenvalue weighted by Gasteiger charge is 2.39. The number of carbonyl (C=O) groups excluding carboxylic acids is 1. The van der Waals surface area contributed by atoms with Gasteiger partial charge in [0.1, 0.15) is 6.04 Å². The van der Waals surface area contributed by atoms with Crippen molar-refractivity contribution in [2.24, 2.45) is 0 Å². The van der Waals surface area contributed by atoms with Crippen molar-refractivity contribution in [2.45, 2.75) is 37.1 Å². The van der Waals surface area contributed by atoms with Crippen molar-refractivity contribution in [3.8, 4) is 5.69 Å². The van der Waals surface area contributed by atoms with Gasteiger partial charge in [0.15, 0.2) is 0 Å². The van der Waals surface area contributed by atoms with E-state index in [1.54, 1.807) is 35.1 Å². The minimum Gasteiger partial charge on any atom is -0.354 e. The van der Waals surface area contributed by atoms with Gasteiger partial charge in [-0.3, -0.25) is 4.79 Å². The monoisotopic (exact) mass is 438 g/mol. The Morgan fingerprint density at radius 1 is 1.13 bits per heavy atom. The van der Waals surface area contributed by atoms with E-state index in [-0.39, 0.29) is 10.8 Å². The highest BCUT2D eigenvalue weighted by Crippen LogP contribution is 2.26. The molecular weight excluding hydrogens is 412 g/mol. The molecule has 7 nitrogen and oxygen atoms in total. The number of aromatic nitrogens is 2. The Bertz CT molecular complexity index is 1140. The molecule has 3 aromatic rings. The van der Waals surface area contributed by atoms with Crippen LogP contribution < -0.4 is 5.32 Å². The molecule has 8 heteroatoms. The Morgan fingerprint density at radius 3 is 2.61 bits per heavy atom. The lowest BCUT2D eigenvalue weighted by Gasteiger charge is -2.23. The molecule has 1 fully saturated rings. The number of sulfonamides is 1. The van der Waals surface area contributed by atoms with Crippen molar-refractivity contribution < 1.29 is 13.2 Å². The number of benzene rings is 2. The van der Waals surface area contributed by atoms with Crippen LogP contribution in [0.2, 0.25) is 0 Å². The maximum Gasteiger partial charge on any atom is 0.243 e. The van der Waals surface area contributed by atoms with E-state index in [0.717, 1.165) is 16.8 Å². The number of rotatable bonds is 7. The van der Waals surface area contributed by atoms with Gasteiger partial charge in [0.05, 0.1) is 16.8 Å². The first-order valence-electron chi connectivity index (χ1n) is 10.4. The normalized spacial score (nSPS) is 17.0. The number of para-hydroxylation sites is 1. The lowest BCUT2D eigenvalue weighted by atomic mass is 10.2. The molecule has 0 radical (unpaired) electrons. The Balaban J connectivity index is 1.36. The van der Waals surface area contributed by atoms with E-state index in [1.807, 2.05) is 43.5 Å². The number of aryl methyl sites for hydroxylation is 1. The predicted octanol–water partition coefficient (Wildman–Crippen LogP) is 2.69. The smallest absolute Gasteiger partial charge is 0.243 e. The summed E-state index contributed by atoms with van der Waals surface area (Å²) in [6.45, 7) is 2.69. The van der Waals surface area contributed by atoms with E-state index >= 15 is 0 Å². The van der Waals surface area contributed by atoms with Crippen LogP contribution in [0.5, 0.6) is 0 Å². The average Bonchev–Trinajstić information content (AvgIpc) is 3.45. The third kappa shape index (κ3) is 4.70. The van der Waals surface area contributed by atoms with Gasteiger partial charge in [-0.1, -0.05) is 35.9 Å². The lowest BCUT2D eigenvalue weighted by Crippen LogP contribution is -2.46. The van der Waals surface area contributed by atoms with Crippen molar-refractivity contribution in [3.63, 3.8) is 0 Å². The van der Waals surface area contributed by atoms with Crippen molar-refractivity contribution in [2.75, 3.05) is 13.1 Å². The second-order valence-electron chi connectivity index (χ2n) is 7.76. The fourth-order valence-corrected chi connectivity index (χ4v) is 5.45. The van der Waals surface area contributed by atoms with Gasteiger partial charge in [-0.15, -0.1) is 0 Å². The minimum atomic E-state index is -3.69. The molecule has 2 aromatic carbocycles. The first kappa shape index (κ1) is 21.3. The van der Waals surface area contributed by atoms with Crippen LogP contribution in [0.4, 0.5) is 0 Å². The van der Waals surface area contributed by atoms with Crippen LogP contribution in [-0.4, -0.2) is 47.5 Å². The zero-order valence-corrected chi connectivity index (χ0v) is 18.3. The SMILES string of the molecule is Cc1ccc(S(=O)(=O)N2CCC[C@H]2C(=O)NCCc2cnn(-c3ccccc3)c2)cc1. The molecule has 1 aliphatic heterocycles. The molecule has 162 valence electrons. The predicted molar refractivity (Wildman–Crippen MR) is 118 cm³/mol. The van der Waals surface area contributed by atoms with Gasteiger partial charge in [0.25, 0.3) is 0 Å². The number of amides is 1. The number of nitrogens with one attached hydrogen (secondary N) is 1. The van der Waals surface area contributed by atoms with Crippen LogP contribution in [-0.2, 0) is 21.2 Å². The zero-order chi connectivity index (χ0) is 21.8. The minimum absolute atomic E-state index is 0.228. The molecule has 1 aromatic heterocycles. The van der Waals surface area contributed by atoms with Crippen molar-refractivity contribution in [1.29, 1.82) is 0 Å². The molecule has 1 atom stereocenters. The lowest BCUT2D eigenvalue weighted by molar-refractivity contribution is -0.124. The first-order valence-corrected chi connectivity index (χ1v) is 11.8. The number of nitrogens with zero attached hydrogens (tertiary/aromatic N) is 3. The summed E-state index contributed by atoms with van der Waals surface area (Å²) in [5.41, 5.74) is 2.96. The molecule has 1 amide bonds. The van der Waals surface area contributed by atoms with Crippen LogP contribution in [0.3, 0.4) is 0 Å². The Morgan fingerprint density at radius 2 is 1.87 bits per heavy atom. The molecular formula is C23H26N4O3S. The molecule has 1 N–H and O–H groups in total. The molecule has 1 aliphatic rings. The van der Waals surface area contributed by atoms with Crippen LogP contribution >= 0.6 is 0 Å². The average molecular weight is 439 g/mol. The molecule has 1 saturated heterocycles. The third-order valence-electron chi connectivity index (χ3n) is 5.50. The second-order valence-corrected chi connectivity index (χ2v) is 9.65. The molecule has 0 unspecified atom stereocenters. The van der Waals surface area contributed by atoms with Gasteiger partial charge in [0, 0.05) is 19.3 Å². The second kappa shape index (κ2) is 9.03. The first-order chi connectivity index (χ1) is 14.9. The van der Waals surface area contributed by atoms with E-state index in [1.165, 1.54) is 4.31 Å². The maximum absolute atomic E-state index is 13.0. The molecule has 0 spiro atoms. The summed E-state index contributed by atoms with van der Waals surface area (Å²) in [7, 11) is -3.69. The quantitative estimate of drug-likeness (QED) is 0.615. The third-order valence-corrected chi connectivity index (χ3v) is 7.43. The summed E-state index contributed by atoms with van der Waals surface area (Å²) in [4.78, 5) is 13.0. The molecule has 0 aliphatic carbocycles. The van der Waals surface area contributed by atoms with Crippen LogP contribution in [0.25, 0.3) is 5.69 Å². The zero-order valence-electron chi connectivity index (χ0n) is 17.4. The summed E-state index contributed by atoms with van der Waals surface area (Å²) < 4.78 is 29.2. The van der Waals surface area contributed by atoms with E-state index in [2.05, 4.69) is 10.4 Å². The molecule has 2 heterocycles. The summed E-state index contributed by atoms with van der Waals surface area (Å²) in [5.74, 6) is -0.247. The molecule has 31 heavy (non-hydrogen) atoms. The van der Waals surface area contributed by atoms with Gasteiger partial charge in [0.2, 0.25) is 15.9 Å². The van der Waals surface area contributed by atoms with Crippen LogP contribution in [0, 0.1) is 6.92 Å². The van der Waals surface area contributed by atoms with Gasteiger partial charge in [-0.25, -0.2) is 13.1 Å². The topological polar surface area (TPSA) is 84.3 Å². The highest BCUT2D eigenvalue weighted by molar-refractivity contribution is 7.89. The fourth-order valence-electron chi connectivity index (χ4n) is 3.79. The summed E-state index contributed by atoms with van der Waals surface area (Å²) in [6, 6.07) is 15.9. The van der Waals surface area contributed by atoms with Crippen molar-refractivity contribution >= 4 is 15.9 Å². The summed E-state index contributed by atoms with van der Waals surface area (Å²) in [5, 5.41) is 7.26. The van der Waals surface area contributed by atoms with Gasteiger partial charge in [-0.2, -0.15) is 9.40 Å². The van der Waals surface area contributed by atoms with E-state index < -0.39 is 16.1 Å². The highest BCUT2D eigenvalue weighted by atomic mass is 32.2. The Hall–Kier alpha value is -2.97. The van der Waals surface area contributed by atoms with Crippen LogP contribution in [0.1, 0.15) is 24.0 Å². The van der Waals surface area contributed by atoms with E-state index in [9.17, 15) is 13.2 Å². The maximum atomic E-state index is 13.0. The number of hydrogen-bond acceptors (Lipinski definition) is 4. The molecule has 0 bridgehead atoms. The van der Waals surface area contributed by atoms with Gasteiger partial charge < -0.3 is 5.32 Å². The summed E-state index contributed by atoms with van der Waals surface area (Å²) >= 11 is 0. The van der Waals surface area contributed by atoms with Crippen molar-refractivity contribution in [1.82, 2.24) is 19.4 Å². The van der Waals surface area contributed by atoms with Crippen molar-refractivity contribution in [3.05, 3.63) is 78.1 Å². The largest absolute Gasteiger partial charge is 0.354 e. The fraction of sp³-hybridized carbons (Fsp3) is 0.304. The summed E-state index contributed by atoms with van der Waals surface area (Å²) in [6.07, 6.45) is 5.54. The van der Waals surface area contributed by atoms with Gasteiger partial charge >= 0.3 is 0 Å².